The summed E-state index contributed by atoms with van der Waals surface area (Å²) in [5.41, 5.74) is 1.33. The van der Waals surface area contributed by atoms with E-state index in [1.807, 2.05) is 13.0 Å². The number of amides is 1. The van der Waals surface area contributed by atoms with Gasteiger partial charge in [-0.05, 0) is 56.7 Å². The normalized spacial score (nSPS) is 11.7. The molecule has 0 saturated carbocycles. The van der Waals surface area contributed by atoms with E-state index in [2.05, 4.69) is 5.32 Å². The molecule has 7 nitrogen and oxygen atoms in total. The first-order valence-electron chi connectivity index (χ1n) is 8.78. The summed E-state index contributed by atoms with van der Waals surface area (Å²) in [5, 5.41) is 11.9. The van der Waals surface area contributed by atoms with Crippen molar-refractivity contribution in [3.8, 4) is 17.6 Å². The first kappa shape index (κ1) is 22.0. The lowest BCUT2D eigenvalue weighted by Crippen LogP contribution is -2.30. The average Bonchev–Trinajstić information content (AvgIpc) is 2.66. The van der Waals surface area contributed by atoms with Crippen LogP contribution in [-0.2, 0) is 14.9 Å². The van der Waals surface area contributed by atoms with Crippen LogP contribution in [0.1, 0.15) is 25.0 Å². The number of hydrogen-bond donors (Lipinski definition) is 1. The fourth-order valence-electron chi connectivity index (χ4n) is 2.37. The molecule has 0 heterocycles. The summed E-state index contributed by atoms with van der Waals surface area (Å²) in [4.78, 5) is 12.1. The van der Waals surface area contributed by atoms with E-state index in [1.165, 1.54) is 43.5 Å². The molecule has 29 heavy (non-hydrogen) atoms. The van der Waals surface area contributed by atoms with Gasteiger partial charge >= 0.3 is 10.1 Å². The number of nitrogens with zero attached hydrogens (tertiary/aromatic N) is 1. The molecule has 2 rings (SSSR count). The van der Waals surface area contributed by atoms with Gasteiger partial charge in [0.15, 0.2) is 11.5 Å². The van der Waals surface area contributed by atoms with Crippen molar-refractivity contribution < 1.29 is 22.1 Å². The van der Waals surface area contributed by atoms with Crippen molar-refractivity contribution in [2.24, 2.45) is 0 Å². The van der Waals surface area contributed by atoms with Gasteiger partial charge in [-0.2, -0.15) is 13.7 Å². The molecule has 8 heteroatoms. The summed E-state index contributed by atoms with van der Waals surface area (Å²) in [6.07, 6.45) is 1.39. The number of carbonyl (C=O) groups is 1. The van der Waals surface area contributed by atoms with Crippen LogP contribution < -0.4 is 14.2 Å². The van der Waals surface area contributed by atoms with Gasteiger partial charge in [0.2, 0.25) is 0 Å². The molecule has 0 bridgehead atoms. The maximum absolute atomic E-state index is 12.5. The Morgan fingerprint density at radius 2 is 1.79 bits per heavy atom. The van der Waals surface area contributed by atoms with Crippen LogP contribution in [0.5, 0.6) is 11.5 Å². The minimum Gasteiger partial charge on any atom is -0.493 e. The highest BCUT2D eigenvalue weighted by atomic mass is 32.2. The standard InChI is InChI=1S/C21H22N2O5S/c1-14(2)23-21(24)17(13-22)11-16-7-10-19(20(12-16)27-4)28-29(25,26)18-8-5-15(3)6-9-18/h5-12,14H,1-4H3,(H,23,24)/b17-11+. The number of methoxy groups -OCH3 is 1. The minimum atomic E-state index is -4.04. The summed E-state index contributed by atoms with van der Waals surface area (Å²) < 4.78 is 35.4. The third-order valence-corrected chi connectivity index (χ3v) is 5.04. The lowest BCUT2D eigenvalue weighted by atomic mass is 10.1. The van der Waals surface area contributed by atoms with Gasteiger partial charge in [0.1, 0.15) is 16.5 Å². The van der Waals surface area contributed by atoms with Gasteiger partial charge in [0.25, 0.3) is 5.91 Å². The molecule has 0 aromatic heterocycles. The predicted molar refractivity (Wildman–Crippen MR) is 109 cm³/mol. The number of nitriles is 1. The number of ether oxygens (including phenoxy) is 1. The summed E-state index contributed by atoms with van der Waals surface area (Å²) in [5.74, 6) is -0.352. The van der Waals surface area contributed by atoms with Crippen LogP contribution in [0.15, 0.2) is 52.9 Å². The molecule has 152 valence electrons. The number of aryl methyl sites for hydroxylation is 1. The fourth-order valence-corrected chi connectivity index (χ4v) is 3.31. The molecule has 0 unspecified atom stereocenters. The molecular formula is C21H22N2O5S. The Labute approximate surface area is 170 Å². The first-order valence-corrected chi connectivity index (χ1v) is 10.2. The van der Waals surface area contributed by atoms with Gasteiger partial charge in [0, 0.05) is 6.04 Å². The molecule has 0 atom stereocenters. The molecule has 0 saturated heterocycles. The molecule has 0 fully saturated rings. The first-order chi connectivity index (χ1) is 13.7. The molecule has 2 aromatic carbocycles. The molecule has 0 radical (unpaired) electrons. The maximum atomic E-state index is 12.5. The minimum absolute atomic E-state index is 0.00429. The smallest absolute Gasteiger partial charge is 0.339 e. The van der Waals surface area contributed by atoms with Gasteiger partial charge < -0.3 is 14.2 Å². The van der Waals surface area contributed by atoms with Crippen LogP contribution >= 0.6 is 0 Å². The van der Waals surface area contributed by atoms with Gasteiger partial charge in [0.05, 0.1) is 7.11 Å². The van der Waals surface area contributed by atoms with Crippen LogP contribution in [-0.4, -0.2) is 27.5 Å². The van der Waals surface area contributed by atoms with Gasteiger partial charge in [-0.25, -0.2) is 0 Å². The van der Waals surface area contributed by atoms with E-state index in [-0.39, 0.29) is 28.0 Å². The quantitative estimate of drug-likeness (QED) is 0.424. The van der Waals surface area contributed by atoms with E-state index in [9.17, 15) is 18.5 Å². The highest BCUT2D eigenvalue weighted by Gasteiger charge is 2.19. The number of nitrogens with one attached hydrogen (secondary N) is 1. The van der Waals surface area contributed by atoms with E-state index in [4.69, 9.17) is 8.92 Å². The van der Waals surface area contributed by atoms with Crippen molar-refractivity contribution in [3.05, 3.63) is 59.2 Å². The molecule has 1 amide bonds. The number of benzene rings is 2. The van der Waals surface area contributed by atoms with Crippen molar-refractivity contribution >= 4 is 22.1 Å². The van der Waals surface area contributed by atoms with Gasteiger partial charge in [-0.15, -0.1) is 0 Å². The Hall–Kier alpha value is -3.31. The zero-order chi connectivity index (χ0) is 21.6. The van der Waals surface area contributed by atoms with Crippen molar-refractivity contribution in [2.75, 3.05) is 7.11 Å². The monoisotopic (exact) mass is 414 g/mol. The largest absolute Gasteiger partial charge is 0.493 e. The molecule has 0 aliphatic heterocycles. The zero-order valence-electron chi connectivity index (χ0n) is 16.6. The molecule has 0 aliphatic carbocycles. The summed E-state index contributed by atoms with van der Waals surface area (Å²) in [7, 11) is -2.68. The molecule has 1 N–H and O–H groups in total. The lowest BCUT2D eigenvalue weighted by Gasteiger charge is -2.12. The maximum Gasteiger partial charge on any atom is 0.339 e. The third-order valence-electron chi connectivity index (χ3n) is 3.79. The van der Waals surface area contributed by atoms with Gasteiger partial charge in [-0.1, -0.05) is 23.8 Å². The highest BCUT2D eigenvalue weighted by molar-refractivity contribution is 7.87. The van der Waals surface area contributed by atoms with E-state index < -0.39 is 16.0 Å². The second kappa shape index (κ2) is 9.26. The highest BCUT2D eigenvalue weighted by Crippen LogP contribution is 2.31. The summed E-state index contributed by atoms with van der Waals surface area (Å²) in [6.45, 7) is 5.43. The van der Waals surface area contributed by atoms with Crippen LogP contribution in [0.3, 0.4) is 0 Å². The SMILES string of the molecule is COc1cc(/C=C(\C#N)C(=O)NC(C)C)ccc1OS(=O)(=O)c1ccc(C)cc1. The summed E-state index contributed by atoms with van der Waals surface area (Å²) >= 11 is 0. The molecular weight excluding hydrogens is 392 g/mol. The summed E-state index contributed by atoms with van der Waals surface area (Å²) in [6, 6.07) is 12.4. The van der Waals surface area contributed by atoms with E-state index in [1.54, 1.807) is 26.0 Å². The Morgan fingerprint density at radius 1 is 1.14 bits per heavy atom. The van der Waals surface area contributed by atoms with Crippen molar-refractivity contribution in [2.45, 2.75) is 31.7 Å². The molecule has 2 aromatic rings. The fraction of sp³-hybridized carbons (Fsp3) is 0.238. The second-order valence-electron chi connectivity index (χ2n) is 6.56. The van der Waals surface area contributed by atoms with Crippen molar-refractivity contribution in [1.82, 2.24) is 5.32 Å². The van der Waals surface area contributed by atoms with Crippen molar-refractivity contribution in [3.63, 3.8) is 0 Å². The van der Waals surface area contributed by atoms with Crippen molar-refractivity contribution in [1.29, 1.82) is 5.26 Å². The Morgan fingerprint density at radius 3 is 2.34 bits per heavy atom. The van der Waals surface area contributed by atoms with Crippen LogP contribution in [0.4, 0.5) is 0 Å². The lowest BCUT2D eigenvalue weighted by molar-refractivity contribution is -0.117. The van der Waals surface area contributed by atoms with E-state index >= 15 is 0 Å². The number of rotatable bonds is 7. The topological polar surface area (TPSA) is 105 Å². The molecule has 0 spiro atoms. The Bertz CT molecular complexity index is 1070. The van der Waals surface area contributed by atoms with E-state index in [0.717, 1.165) is 5.56 Å². The Kier molecular flexibility index (Phi) is 7.02. The predicted octanol–water partition coefficient (Wildman–Crippen LogP) is 3.20. The third kappa shape index (κ3) is 5.83. The Balaban J connectivity index is 2.33. The molecule has 0 aliphatic rings. The van der Waals surface area contributed by atoms with E-state index in [0.29, 0.717) is 5.56 Å². The average molecular weight is 414 g/mol. The zero-order valence-corrected chi connectivity index (χ0v) is 17.4. The number of hydrogen-bond acceptors (Lipinski definition) is 6. The number of carbonyl (C=O) groups excluding carboxylic acids is 1. The van der Waals surface area contributed by atoms with Gasteiger partial charge in [-0.3, -0.25) is 4.79 Å². The van der Waals surface area contributed by atoms with Crippen LogP contribution in [0.2, 0.25) is 0 Å². The second-order valence-corrected chi connectivity index (χ2v) is 8.11. The van der Waals surface area contributed by atoms with Crippen LogP contribution in [0, 0.1) is 18.3 Å². The van der Waals surface area contributed by atoms with Crippen LogP contribution in [0.25, 0.3) is 6.08 Å².